The summed E-state index contributed by atoms with van der Waals surface area (Å²) in [6.45, 7) is 2.35. The van der Waals surface area contributed by atoms with Crippen molar-refractivity contribution in [3.8, 4) is 0 Å². The fourth-order valence-corrected chi connectivity index (χ4v) is 3.15. The molecule has 0 spiro atoms. The van der Waals surface area contributed by atoms with E-state index in [4.69, 9.17) is 0 Å². The minimum atomic E-state index is -0.228. The molecule has 0 bridgehead atoms. The topological polar surface area (TPSA) is 64.7 Å². The number of hydrogen-bond acceptors (Lipinski definition) is 4. The molecule has 0 aliphatic rings. The van der Waals surface area contributed by atoms with E-state index in [0.717, 1.165) is 11.1 Å². The maximum atomic E-state index is 13.3. The first-order valence-electron chi connectivity index (χ1n) is 9.51. The largest absolute Gasteiger partial charge is 0.335 e. The van der Waals surface area contributed by atoms with Gasteiger partial charge in [0.1, 0.15) is 0 Å². The molecule has 0 saturated heterocycles. The first kappa shape index (κ1) is 21.3. The number of anilines is 2. The van der Waals surface area contributed by atoms with Crippen molar-refractivity contribution in [3.63, 3.8) is 0 Å². The highest BCUT2D eigenvalue weighted by molar-refractivity contribution is 7.82. The average molecular weight is 421 g/mol. The van der Waals surface area contributed by atoms with E-state index in [1.165, 1.54) is 11.2 Å². The van der Waals surface area contributed by atoms with Gasteiger partial charge in [0.05, 0.1) is 11.4 Å². The van der Waals surface area contributed by atoms with Crippen LogP contribution in [0.5, 0.6) is 0 Å². The van der Waals surface area contributed by atoms with Crippen molar-refractivity contribution in [2.45, 2.75) is 20.0 Å². The average Bonchev–Trinajstić information content (AvgIpc) is 2.78. The van der Waals surface area contributed by atoms with Crippen molar-refractivity contribution in [1.29, 1.82) is 0 Å². The first-order valence-corrected chi connectivity index (χ1v) is 9.91. The molecule has 3 rings (SSSR count). The van der Waals surface area contributed by atoms with E-state index in [1.807, 2.05) is 60.7 Å². The Balaban J connectivity index is 1.76. The maximum Gasteiger partial charge on any atom is 0.335 e. The van der Waals surface area contributed by atoms with Gasteiger partial charge in [0.25, 0.3) is 0 Å². The second-order valence-electron chi connectivity index (χ2n) is 6.77. The minimum Gasteiger partial charge on any atom is -0.315 e. The number of nitrogens with zero attached hydrogens (tertiary/aromatic N) is 2. The summed E-state index contributed by atoms with van der Waals surface area (Å²) in [5.74, 6) is -0.192. The quantitative estimate of drug-likeness (QED) is 0.386. The van der Waals surface area contributed by atoms with Gasteiger partial charge in [-0.25, -0.2) is 9.10 Å². The fourth-order valence-electron chi connectivity index (χ4n) is 2.89. The Morgan fingerprint density at radius 1 is 0.800 bits per heavy atom. The van der Waals surface area contributed by atoms with E-state index in [-0.39, 0.29) is 11.9 Å². The van der Waals surface area contributed by atoms with Crippen LogP contribution in [-0.2, 0) is 17.9 Å². The van der Waals surface area contributed by atoms with Gasteiger partial charge < -0.3 is 4.90 Å². The monoisotopic (exact) mass is 420 g/mol. The van der Waals surface area contributed by atoms with E-state index in [1.54, 1.807) is 29.2 Å². The van der Waals surface area contributed by atoms with Crippen molar-refractivity contribution in [2.75, 3.05) is 9.73 Å². The van der Waals surface area contributed by atoms with Crippen LogP contribution in [0.3, 0.4) is 0 Å². The van der Waals surface area contributed by atoms with Gasteiger partial charge in [0.2, 0.25) is 5.91 Å². The first-order chi connectivity index (χ1) is 14.5. The smallest absolute Gasteiger partial charge is 0.315 e. The summed E-state index contributed by atoms with van der Waals surface area (Å²) in [6.07, 6.45) is 0. The van der Waals surface area contributed by atoms with Crippen LogP contribution in [-0.4, -0.2) is 16.8 Å². The van der Waals surface area contributed by atoms with E-state index in [9.17, 15) is 9.59 Å². The third kappa shape index (κ3) is 6.02. The third-order valence-corrected chi connectivity index (χ3v) is 4.78. The number of rotatable bonds is 7. The molecule has 7 heteroatoms. The number of benzene rings is 3. The summed E-state index contributed by atoms with van der Waals surface area (Å²) in [6, 6.07) is 26.5. The summed E-state index contributed by atoms with van der Waals surface area (Å²) < 4.78 is 1.33. The van der Waals surface area contributed by atoms with Crippen LogP contribution in [0, 0.1) is 0 Å². The Bertz CT molecular complexity index is 924. The molecule has 6 nitrogen and oxygen atoms in total. The SMILES string of the molecule is CC(=O)NNc1ccc(N(S)C(=O)N(Cc2ccccc2)Cc2ccccc2)cc1. The second-order valence-corrected chi connectivity index (χ2v) is 7.17. The number of hydrazine groups is 1. The summed E-state index contributed by atoms with van der Waals surface area (Å²) in [7, 11) is 0. The van der Waals surface area contributed by atoms with E-state index in [2.05, 4.69) is 23.7 Å². The van der Waals surface area contributed by atoms with Crippen LogP contribution >= 0.6 is 12.8 Å². The summed E-state index contributed by atoms with van der Waals surface area (Å²) in [4.78, 5) is 26.0. The highest BCUT2D eigenvalue weighted by atomic mass is 32.1. The van der Waals surface area contributed by atoms with Gasteiger partial charge in [0, 0.05) is 20.0 Å². The number of amides is 3. The summed E-state index contributed by atoms with van der Waals surface area (Å²) in [5.41, 5.74) is 8.71. The molecule has 3 amide bonds. The van der Waals surface area contributed by atoms with Crippen LogP contribution in [0.4, 0.5) is 16.2 Å². The number of carbonyl (C=O) groups is 2. The Labute approximate surface area is 182 Å². The van der Waals surface area contributed by atoms with Gasteiger partial charge in [0.15, 0.2) is 0 Å². The van der Waals surface area contributed by atoms with Crippen molar-refractivity contribution in [2.24, 2.45) is 0 Å². The molecular weight excluding hydrogens is 396 g/mol. The lowest BCUT2D eigenvalue weighted by Crippen LogP contribution is -2.38. The predicted molar refractivity (Wildman–Crippen MR) is 123 cm³/mol. The molecule has 154 valence electrons. The highest BCUT2D eigenvalue weighted by Crippen LogP contribution is 2.22. The highest BCUT2D eigenvalue weighted by Gasteiger charge is 2.21. The number of hydrogen-bond donors (Lipinski definition) is 3. The number of nitrogens with one attached hydrogen (secondary N) is 2. The zero-order valence-corrected chi connectivity index (χ0v) is 17.5. The third-order valence-electron chi connectivity index (χ3n) is 4.38. The van der Waals surface area contributed by atoms with Crippen LogP contribution in [0.15, 0.2) is 84.9 Å². The molecule has 3 aromatic rings. The predicted octanol–water partition coefficient (Wildman–Crippen LogP) is 4.62. The molecule has 0 heterocycles. The molecule has 0 aromatic heterocycles. The number of carbonyl (C=O) groups excluding carboxylic acids is 2. The molecular formula is C23H24N4O2S. The van der Waals surface area contributed by atoms with Crippen LogP contribution < -0.4 is 15.2 Å². The van der Waals surface area contributed by atoms with Gasteiger partial charge in [-0.1, -0.05) is 73.5 Å². The molecule has 0 fully saturated rings. The van der Waals surface area contributed by atoms with Crippen LogP contribution in [0.1, 0.15) is 18.1 Å². The van der Waals surface area contributed by atoms with Crippen LogP contribution in [0.25, 0.3) is 0 Å². The molecule has 0 aliphatic carbocycles. The second kappa shape index (κ2) is 10.4. The summed E-state index contributed by atoms with van der Waals surface area (Å²) in [5, 5.41) is 0. The van der Waals surface area contributed by atoms with Crippen LogP contribution in [0.2, 0.25) is 0 Å². The van der Waals surface area contributed by atoms with Crippen molar-refractivity contribution < 1.29 is 9.59 Å². The van der Waals surface area contributed by atoms with Gasteiger partial charge >= 0.3 is 6.03 Å². The number of urea groups is 1. The van der Waals surface area contributed by atoms with Crippen molar-refractivity contribution >= 4 is 36.1 Å². The van der Waals surface area contributed by atoms with Crippen molar-refractivity contribution in [1.82, 2.24) is 10.3 Å². The molecule has 0 unspecified atom stereocenters. The lowest BCUT2D eigenvalue weighted by molar-refractivity contribution is -0.118. The molecule has 3 aromatic carbocycles. The normalized spacial score (nSPS) is 10.2. The Hall–Kier alpha value is -3.45. The number of thiol groups is 1. The molecule has 30 heavy (non-hydrogen) atoms. The molecule has 0 radical (unpaired) electrons. The Morgan fingerprint density at radius 2 is 1.30 bits per heavy atom. The fraction of sp³-hybridized carbons (Fsp3) is 0.130. The lowest BCUT2D eigenvalue weighted by Gasteiger charge is -2.28. The molecule has 0 saturated carbocycles. The Kier molecular flexibility index (Phi) is 7.34. The lowest BCUT2D eigenvalue weighted by atomic mass is 10.2. The standard InChI is InChI=1S/C23H24N4O2S/c1-18(28)24-25-21-12-14-22(15-13-21)27(30)23(29)26(16-19-8-4-2-5-9-19)17-20-10-6-3-7-11-20/h2-15,25,30H,16-17H2,1H3,(H,24,28). The zero-order chi connectivity index (χ0) is 21.3. The van der Waals surface area contributed by atoms with E-state index < -0.39 is 0 Å². The van der Waals surface area contributed by atoms with Gasteiger partial charge in [-0.15, -0.1) is 0 Å². The van der Waals surface area contributed by atoms with Gasteiger partial charge in [-0.2, -0.15) is 0 Å². The zero-order valence-electron chi connectivity index (χ0n) is 16.7. The summed E-state index contributed by atoms with van der Waals surface area (Å²) >= 11 is 4.46. The van der Waals surface area contributed by atoms with Crippen molar-refractivity contribution in [3.05, 3.63) is 96.1 Å². The van der Waals surface area contributed by atoms with E-state index >= 15 is 0 Å². The molecule has 0 atom stereocenters. The Morgan fingerprint density at radius 3 is 1.77 bits per heavy atom. The minimum absolute atomic E-state index is 0.192. The van der Waals surface area contributed by atoms with Gasteiger partial charge in [-0.05, 0) is 35.4 Å². The van der Waals surface area contributed by atoms with Gasteiger partial charge in [-0.3, -0.25) is 15.6 Å². The maximum absolute atomic E-state index is 13.3. The molecule has 0 aliphatic heterocycles. The molecule has 2 N–H and O–H groups in total. The van der Waals surface area contributed by atoms with E-state index in [0.29, 0.717) is 24.5 Å².